The Morgan fingerprint density at radius 2 is 2.00 bits per heavy atom. The van der Waals surface area contributed by atoms with Crippen LogP contribution in [0.1, 0.15) is 35.7 Å². The Hall–Kier alpha value is -1.93. The van der Waals surface area contributed by atoms with Crippen LogP contribution in [0, 0.1) is 6.92 Å². The van der Waals surface area contributed by atoms with Crippen molar-refractivity contribution in [1.82, 2.24) is 4.72 Å². The first-order valence-electron chi connectivity index (χ1n) is 6.34. The lowest BCUT2D eigenvalue weighted by atomic mass is 10.1. The minimum atomic E-state index is -4.04. The fraction of sp³-hybridized carbons (Fsp3) is 0.385. The summed E-state index contributed by atoms with van der Waals surface area (Å²) in [5.41, 5.74) is 5.81. The van der Waals surface area contributed by atoms with Crippen LogP contribution in [0.25, 0.3) is 0 Å². The molecule has 7 nitrogen and oxygen atoms in total. The number of hydrogen-bond donors (Lipinski definition) is 3. The first kappa shape index (κ1) is 17.1. The maximum Gasteiger partial charge on any atom is 0.321 e. The summed E-state index contributed by atoms with van der Waals surface area (Å²) in [7, 11) is -4.04. The monoisotopic (exact) mass is 314 g/mol. The normalized spacial score (nSPS) is 12.9. The summed E-state index contributed by atoms with van der Waals surface area (Å²) >= 11 is 0. The van der Waals surface area contributed by atoms with E-state index in [4.69, 9.17) is 10.8 Å². The number of carbonyl (C=O) groups is 2. The summed E-state index contributed by atoms with van der Waals surface area (Å²) in [4.78, 5) is 22.1. The number of benzene rings is 1. The number of nitrogens with two attached hydrogens (primary N) is 1. The lowest BCUT2D eigenvalue weighted by Crippen LogP contribution is -2.40. The number of nitrogens with one attached hydrogen (secondary N) is 1. The third-order valence-electron chi connectivity index (χ3n) is 2.96. The molecular formula is C13H18N2O5S. The molecule has 4 N–H and O–H groups in total. The zero-order valence-corrected chi connectivity index (χ0v) is 12.6. The van der Waals surface area contributed by atoms with Gasteiger partial charge in [0, 0.05) is 5.56 Å². The van der Waals surface area contributed by atoms with Crippen LogP contribution in [0.15, 0.2) is 23.1 Å². The molecule has 1 aromatic carbocycles. The van der Waals surface area contributed by atoms with E-state index in [9.17, 15) is 18.0 Å². The van der Waals surface area contributed by atoms with Gasteiger partial charge in [-0.15, -0.1) is 0 Å². The van der Waals surface area contributed by atoms with Crippen molar-refractivity contribution < 1.29 is 23.1 Å². The van der Waals surface area contributed by atoms with Crippen molar-refractivity contribution in [2.24, 2.45) is 5.73 Å². The van der Waals surface area contributed by atoms with Crippen molar-refractivity contribution in [3.8, 4) is 0 Å². The summed E-state index contributed by atoms with van der Waals surface area (Å²) in [5, 5.41) is 9.00. The number of carboxylic acid groups (broad SMARTS) is 1. The van der Waals surface area contributed by atoms with Crippen molar-refractivity contribution in [2.45, 2.75) is 37.6 Å². The molecule has 0 aromatic heterocycles. The number of sulfonamides is 1. The molecular weight excluding hydrogens is 296 g/mol. The van der Waals surface area contributed by atoms with Crippen LogP contribution in [-0.4, -0.2) is 31.4 Å². The van der Waals surface area contributed by atoms with Crippen LogP contribution in [-0.2, 0) is 14.8 Å². The molecule has 116 valence electrons. The summed E-state index contributed by atoms with van der Waals surface area (Å²) < 4.78 is 26.5. The van der Waals surface area contributed by atoms with Crippen molar-refractivity contribution in [3.63, 3.8) is 0 Å². The molecule has 0 saturated carbocycles. The maximum atomic E-state index is 12.2. The standard InChI is InChI=1S/C13H18N2O5S/c1-3-4-11(13(17)18)15-21(19,20)9-6-5-8(2)10(7-9)12(14)16/h5-7,11,15H,3-4H2,1-2H3,(H2,14,16)(H,17,18)/t11-/m0/s1. The summed E-state index contributed by atoms with van der Waals surface area (Å²) in [6, 6.07) is 2.68. The third kappa shape index (κ3) is 4.27. The Labute approximate surface area is 123 Å². The number of carbonyl (C=O) groups excluding carboxylic acids is 1. The zero-order chi connectivity index (χ0) is 16.2. The van der Waals surface area contributed by atoms with Crippen molar-refractivity contribution in [3.05, 3.63) is 29.3 Å². The first-order chi connectivity index (χ1) is 9.69. The Morgan fingerprint density at radius 3 is 2.48 bits per heavy atom. The van der Waals surface area contributed by atoms with E-state index < -0.39 is 27.9 Å². The van der Waals surface area contributed by atoms with Gasteiger partial charge in [-0.2, -0.15) is 4.72 Å². The van der Waals surface area contributed by atoms with Gasteiger partial charge in [-0.3, -0.25) is 9.59 Å². The minimum Gasteiger partial charge on any atom is -0.480 e. The highest BCUT2D eigenvalue weighted by atomic mass is 32.2. The molecule has 0 saturated heterocycles. The molecule has 0 heterocycles. The van der Waals surface area contributed by atoms with Gasteiger partial charge in [0.05, 0.1) is 4.90 Å². The van der Waals surface area contributed by atoms with Gasteiger partial charge >= 0.3 is 5.97 Å². The van der Waals surface area contributed by atoms with E-state index in [0.29, 0.717) is 12.0 Å². The second-order valence-electron chi connectivity index (χ2n) is 4.64. The summed E-state index contributed by atoms with van der Waals surface area (Å²) in [6.07, 6.45) is 0.684. The number of carboxylic acids is 1. The van der Waals surface area contributed by atoms with Crippen LogP contribution >= 0.6 is 0 Å². The van der Waals surface area contributed by atoms with Gasteiger partial charge in [-0.05, 0) is 31.0 Å². The number of rotatable bonds is 7. The smallest absolute Gasteiger partial charge is 0.321 e. The van der Waals surface area contributed by atoms with Gasteiger partial charge < -0.3 is 10.8 Å². The molecule has 0 aliphatic carbocycles. The SMILES string of the molecule is CCC[C@H](NS(=O)(=O)c1ccc(C)c(C(N)=O)c1)C(=O)O. The number of aryl methyl sites for hydroxylation is 1. The molecule has 0 bridgehead atoms. The van der Waals surface area contributed by atoms with Crippen LogP contribution < -0.4 is 10.5 Å². The highest BCUT2D eigenvalue weighted by Gasteiger charge is 2.25. The van der Waals surface area contributed by atoms with Crippen molar-refractivity contribution >= 4 is 21.9 Å². The van der Waals surface area contributed by atoms with Gasteiger partial charge in [-0.1, -0.05) is 19.4 Å². The number of aliphatic carboxylic acids is 1. The molecule has 1 rings (SSSR count). The van der Waals surface area contributed by atoms with E-state index in [1.165, 1.54) is 12.1 Å². The third-order valence-corrected chi connectivity index (χ3v) is 4.43. The predicted octanol–water partition coefficient (Wildman–Crippen LogP) is 0.626. The first-order valence-corrected chi connectivity index (χ1v) is 7.83. The maximum absolute atomic E-state index is 12.2. The molecule has 8 heteroatoms. The Balaban J connectivity index is 3.16. The lowest BCUT2D eigenvalue weighted by molar-refractivity contribution is -0.139. The second kappa shape index (κ2) is 6.68. The highest BCUT2D eigenvalue weighted by molar-refractivity contribution is 7.89. The number of primary amides is 1. The van der Waals surface area contributed by atoms with Crippen LogP contribution in [0.2, 0.25) is 0 Å². The largest absolute Gasteiger partial charge is 0.480 e. The molecule has 21 heavy (non-hydrogen) atoms. The van der Waals surface area contributed by atoms with E-state index in [2.05, 4.69) is 4.72 Å². The lowest BCUT2D eigenvalue weighted by Gasteiger charge is -2.14. The van der Waals surface area contributed by atoms with Crippen LogP contribution in [0.4, 0.5) is 0 Å². The topological polar surface area (TPSA) is 127 Å². The molecule has 0 radical (unpaired) electrons. The predicted molar refractivity (Wildman–Crippen MR) is 76.4 cm³/mol. The van der Waals surface area contributed by atoms with Crippen LogP contribution in [0.5, 0.6) is 0 Å². The molecule has 1 amide bonds. The average Bonchev–Trinajstić information content (AvgIpc) is 2.37. The molecule has 1 atom stereocenters. The molecule has 0 aliphatic heterocycles. The number of hydrogen-bond acceptors (Lipinski definition) is 4. The van der Waals surface area contributed by atoms with Crippen molar-refractivity contribution in [2.75, 3.05) is 0 Å². The Morgan fingerprint density at radius 1 is 1.38 bits per heavy atom. The van der Waals surface area contributed by atoms with E-state index in [0.717, 1.165) is 6.07 Å². The van der Waals surface area contributed by atoms with Gasteiger partial charge in [0.1, 0.15) is 6.04 Å². The van der Waals surface area contributed by atoms with Gasteiger partial charge in [0.2, 0.25) is 15.9 Å². The van der Waals surface area contributed by atoms with E-state index in [1.807, 2.05) is 0 Å². The second-order valence-corrected chi connectivity index (χ2v) is 6.36. The molecule has 0 unspecified atom stereocenters. The summed E-state index contributed by atoms with van der Waals surface area (Å²) in [5.74, 6) is -1.99. The molecule has 0 spiro atoms. The number of amides is 1. The quantitative estimate of drug-likeness (QED) is 0.680. The molecule has 0 aliphatic rings. The zero-order valence-electron chi connectivity index (χ0n) is 11.8. The highest BCUT2D eigenvalue weighted by Crippen LogP contribution is 2.16. The Kier molecular flexibility index (Phi) is 5.45. The van der Waals surface area contributed by atoms with Crippen molar-refractivity contribution in [1.29, 1.82) is 0 Å². The molecule has 1 aromatic rings. The Bertz CT molecular complexity index is 655. The van der Waals surface area contributed by atoms with Crippen LogP contribution in [0.3, 0.4) is 0 Å². The van der Waals surface area contributed by atoms with Gasteiger partial charge in [0.15, 0.2) is 0 Å². The van der Waals surface area contributed by atoms with Gasteiger partial charge in [0.25, 0.3) is 0 Å². The van der Waals surface area contributed by atoms with E-state index in [-0.39, 0.29) is 16.9 Å². The van der Waals surface area contributed by atoms with E-state index >= 15 is 0 Å². The van der Waals surface area contributed by atoms with E-state index in [1.54, 1.807) is 13.8 Å². The molecule has 0 fully saturated rings. The fourth-order valence-corrected chi connectivity index (χ4v) is 3.06. The van der Waals surface area contributed by atoms with Gasteiger partial charge in [-0.25, -0.2) is 8.42 Å². The minimum absolute atomic E-state index is 0.0836. The summed E-state index contributed by atoms with van der Waals surface area (Å²) in [6.45, 7) is 3.38. The fourth-order valence-electron chi connectivity index (χ4n) is 1.81. The average molecular weight is 314 g/mol.